The standard InChI is InChI=1S/C21H23ClN4/c1-14-9-8-12-16(22)19(14)24-18-13-17(15-10-6-5-7-11-15)23-20(25-18)26-21(2,3)4/h5-13H,1-4H3,(H2,23,24,25,26). The van der Waals surface area contributed by atoms with E-state index in [2.05, 4.69) is 41.4 Å². The van der Waals surface area contributed by atoms with E-state index < -0.39 is 0 Å². The highest BCUT2D eigenvalue weighted by Gasteiger charge is 2.14. The van der Waals surface area contributed by atoms with Crippen molar-refractivity contribution in [2.24, 2.45) is 0 Å². The van der Waals surface area contributed by atoms with Crippen molar-refractivity contribution in [1.82, 2.24) is 9.97 Å². The molecule has 0 unspecified atom stereocenters. The van der Waals surface area contributed by atoms with E-state index in [1.165, 1.54) is 0 Å². The van der Waals surface area contributed by atoms with Crippen LogP contribution in [0.5, 0.6) is 0 Å². The number of halogens is 1. The van der Waals surface area contributed by atoms with Gasteiger partial charge in [-0.3, -0.25) is 0 Å². The van der Waals surface area contributed by atoms with E-state index in [9.17, 15) is 0 Å². The second kappa shape index (κ2) is 7.34. The molecule has 0 aliphatic rings. The summed E-state index contributed by atoms with van der Waals surface area (Å²) < 4.78 is 0. The van der Waals surface area contributed by atoms with Gasteiger partial charge in [-0.1, -0.05) is 54.1 Å². The van der Waals surface area contributed by atoms with Crippen molar-refractivity contribution in [3.05, 3.63) is 65.2 Å². The fourth-order valence-corrected chi connectivity index (χ4v) is 2.85. The summed E-state index contributed by atoms with van der Waals surface area (Å²) in [5.74, 6) is 1.27. The van der Waals surface area contributed by atoms with Crippen LogP contribution in [-0.2, 0) is 0 Å². The van der Waals surface area contributed by atoms with Crippen LogP contribution >= 0.6 is 11.6 Å². The number of aryl methyl sites for hydroxylation is 1. The summed E-state index contributed by atoms with van der Waals surface area (Å²) in [5, 5.41) is 7.37. The number of aromatic nitrogens is 2. The molecule has 0 bridgehead atoms. The molecule has 3 rings (SSSR count). The summed E-state index contributed by atoms with van der Waals surface area (Å²) in [6.45, 7) is 8.26. The molecule has 4 nitrogen and oxygen atoms in total. The van der Waals surface area contributed by atoms with Crippen LogP contribution < -0.4 is 10.6 Å². The lowest BCUT2D eigenvalue weighted by molar-refractivity contribution is 0.626. The maximum Gasteiger partial charge on any atom is 0.225 e. The summed E-state index contributed by atoms with van der Waals surface area (Å²) in [6, 6.07) is 17.8. The molecule has 0 spiro atoms. The van der Waals surface area contributed by atoms with Gasteiger partial charge in [-0.25, -0.2) is 4.98 Å². The monoisotopic (exact) mass is 366 g/mol. The predicted octanol–water partition coefficient (Wildman–Crippen LogP) is 6.06. The normalized spacial score (nSPS) is 11.3. The smallest absolute Gasteiger partial charge is 0.225 e. The van der Waals surface area contributed by atoms with Gasteiger partial charge in [0.05, 0.1) is 16.4 Å². The Balaban J connectivity index is 2.05. The van der Waals surface area contributed by atoms with E-state index in [4.69, 9.17) is 11.6 Å². The summed E-state index contributed by atoms with van der Waals surface area (Å²) in [4.78, 5) is 9.31. The Labute approximate surface area is 159 Å². The Morgan fingerprint density at radius 1 is 0.923 bits per heavy atom. The van der Waals surface area contributed by atoms with Crippen LogP contribution in [0, 0.1) is 6.92 Å². The van der Waals surface area contributed by atoms with Crippen molar-refractivity contribution < 1.29 is 0 Å². The van der Waals surface area contributed by atoms with Crippen LogP contribution in [0.3, 0.4) is 0 Å². The number of rotatable bonds is 4. The Morgan fingerprint density at radius 3 is 2.31 bits per heavy atom. The largest absolute Gasteiger partial charge is 0.350 e. The molecule has 2 N–H and O–H groups in total. The van der Waals surface area contributed by atoms with Crippen molar-refractivity contribution in [2.75, 3.05) is 10.6 Å². The lowest BCUT2D eigenvalue weighted by Crippen LogP contribution is -2.27. The number of anilines is 3. The molecule has 2 aromatic carbocycles. The SMILES string of the molecule is Cc1cccc(Cl)c1Nc1cc(-c2ccccc2)nc(NC(C)(C)C)n1. The van der Waals surface area contributed by atoms with Gasteiger partial charge >= 0.3 is 0 Å². The summed E-state index contributed by atoms with van der Waals surface area (Å²) in [5.41, 5.74) is 3.65. The second-order valence-electron chi connectivity index (χ2n) is 7.26. The van der Waals surface area contributed by atoms with Crippen LogP contribution in [0.2, 0.25) is 5.02 Å². The Hall–Kier alpha value is -2.59. The summed E-state index contributed by atoms with van der Waals surface area (Å²) in [7, 11) is 0. The molecule has 0 aliphatic heterocycles. The van der Waals surface area contributed by atoms with Gasteiger partial charge in [-0.15, -0.1) is 0 Å². The van der Waals surface area contributed by atoms with Gasteiger partial charge in [-0.05, 0) is 39.3 Å². The zero-order valence-electron chi connectivity index (χ0n) is 15.5. The topological polar surface area (TPSA) is 49.8 Å². The highest BCUT2D eigenvalue weighted by molar-refractivity contribution is 6.33. The van der Waals surface area contributed by atoms with Crippen LogP contribution in [0.25, 0.3) is 11.3 Å². The zero-order chi connectivity index (χ0) is 18.7. The molecule has 1 aromatic heterocycles. The first-order valence-electron chi connectivity index (χ1n) is 8.57. The van der Waals surface area contributed by atoms with E-state index >= 15 is 0 Å². The molecule has 0 radical (unpaired) electrons. The van der Waals surface area contributed by atoms with E-state index in [-0.39, 0.29) is 5.54 Å². The van der Waals surface area contributed by atoms with Gasteiger partial charge in [-0.2, -0.15) is 4.98 Å². The average Bonchev–Trinajstić information content (AvgIpc) is 2.57. The van der Waals surface area contributed by atoms with Crippen LogP contribution in [0.15, 0.2) is 54.6 Å². The molecule has 0 amide bonds. The molecule has 1 heterocycles. The second-order valence-corrected chi connectivity index (χ2v) is 7.67. The zero-order valence-corrected chi connectivity index (χ0v) is 16.2. The molecular formula is C21H23ClN4. The first-order chi connectivity index (χ1) is 12.3. The molecule has 0 fully saturated rings. The minimum absolute atomic E-state index is 0.146. The molecule has 5 heteroatoms. The van der Waals surface area contributed by atoms with Gasteiger partial charge in [0.1, 0.15) is 5.82 Å². The predicted molar refractivity (Wildman–Crippen MR) is 110 cm³/mol. The van der Waals surface area contributed by atoms with Crippen molar-refractivity contribution >= 4 is 29.1 Å². The minimum Gasteiger partial charge on any atom is -0.350 e. The third-order valence-corrected chi connectivity index (χ3v) is 4.07. The molecule has 0 saturated heterocycles. The summed E-state index contributed by atoms with van der Waals surface area (Å²) in [6.07, 6.45) is 0. The highest BCUT2D eigenvalue weighted by atomic mass is 35.5. The number of para-hydroxylation sites is 1. The number of benzene rings is 2. The third-order valence-electron chi connectivity index (χ3n) is 3.76. The van der Waals surface area contributed by atoms with Crippen molar-refractivity contribution in [1.29, 1.82) is 0 Å². The maximum atomic E-state index is 6.36. The van der Waals surface area contributed by atoms with E-state index in [1.54, 1.807) is 0 Å². The molecule has 0 aliphatic carbocycles. The molecule has 134 valence electrons. The lowest BCUT2D eigenvalue weighted by Gasteiger charge is -2.21. The van der Waals surface area contributed by atoms with Gasteiger partial charge < -0.3 is 10.6 Å². The molecule has 0 atom stereocenters. The van der Waals surface area contributed by atoms with Crippen LogP contribution in [-0.4, -0.2) is 15.5 Å². The minimum atomic E-state index is -0.146. The van der Waals surface area contributed by atoms with Crippen molar-refractivity contribution in [3.8, 4) is 11.3 Å². The molecular weight excluding hydrogens is 344 g/mol. The van der Waals surface area contributed by atoms with Crippen LogP contribution in [0.4, 0.5) is 17.5 Å². The Kier molecular flexibility index (Phi) is 5.14. The maximum absolute atomic E-state index is 6.36. The van der Waals surface area contributed by atoms with Gasteiger partial charge in [0.25, 0.3) is 0 Å². The number of hydrogen-bond donors (Lipinski definition) is 2. The first kappa shape index (κ1) is 18.2. The highest BCUT2D eigenvalue weighted by Crippen LogP contribution is 2.30. The quantitative estimate of drug-likeness (QED) is 0.589. The fraction of sp³-hybridized carbons (Fsp3) is 0.238. The van der Waals surface area contributed by atoms with E-state index in [0.29, 0.717) is 16.8 Å². The number of nitrogens with one attached hydrogen (secondary N) is 2. The van der Waals surface area contributed by atoms with Gasteiger partial charge in [0, 0.05) is 17.2 Å². The van der Waals surface area contributed by atoms with Crippen LogP contribution in [0.1, 0.15) is 26.3 Å². The average molecular weight is 367 g/mol. The molecule has 3 aromatic rings. The fourth-order valence-electron chi connectivity index (χ4n) is 2.58. The van der Waals surface area contributed by atoms with Gasteiger partial charge in [0.15, 0.2) is 0 Å². The number of nitrogens with zero attached hydrogens (tertiary/aromatic N) is 2. The molecule has 26 heavy (non-hydrogen) atoms. The third kappa shape index (κ3) is 4.52. The van der Waals surface area contributed by atoms with Crippen molar-refractivity contribution in [3.63, 3.8) is 0 Å². The van der Waals surface area contributed by atoms with Crippen molar-refractivity contribution in [2.45, 2.75) is 33.2 Å². The number of hydrogen-bond acceptors (Lipinski definition) is 4. The Bertz CT molecular complexity index is 881. The first-order valence-corrected chi connectivity index (χ1v) is 8.94. The van der Waals surface area contributed by atoms with E-state index in [0.717, 1.165) is 22.5 Å². The lowest BCUT2D eigenvalue weighted by atomic mass is 10.1. The van der Waals surface area contributed by atoms with E-state index in [1.807, 2.05) is 61.5 Å². The Morgan fingerprint density at radius 2 is 1.65 bits per heavy atom. The molecule has 0 saturated carbocycles. The van der Waals surface area contributed by atoms with Gasteiger partial charge in [0.2, 0.25) is 5.95 Å². The summed E-state index contributed by atoms with van der Waals surface area (Å²) >= 11 is 6.36.